The molecule has 0 radical (unpaired) electrons. The maximum Gasteiger partial charge on any atom is 0.124 e. The number of methoxy groups -OCH3 is 4. The Bertz CT molecular complexity index is 1970. The fourth-order valence-corrected chi connectivity index (χ4v) is 7.06. The van der Waals surface area contributed by atoms with Crippen LogP contribution in [-0.4, -0.2) is 105 Å². The largest absolute Gasteiger partial charge is 0.497 e. The summed E-state index contributed by atoms with van der Waals surface area (Å²) in [6, 6.07) is 29.4. The van der Waals surface area contributed by atoms with Gasteiger partial charge in [-0.1, -0.05) is 24.3 Å². The summed E-state index contributed by atoms with van der Waals surface area (Å²) in [7, 11) is 8.76. The van der Waals surface area contributed by atoms with Crippen LogP contribution in [0.25, 0.3) is 11.0 Å². The minimum atomic E-state index is 0.106. The van der Waals surface area contributed by atoms with Crippen LogP contribution in [0.1, 0.15) is 22.7 Å². The molecule has 1 aromatic heterocycles. The lowest BCUT2D eigenvalue weighted by atomic mass is 10.1. The average Bonchev–Trinajstić information content (AvgIpc) is 3.63. The summed E-state index contributed by atoms with van der Waals surface area (Å²) in [6.45, 7) is 5.94. The summed E-state index contributed by atoms with van der Waals surface area (Å²) >= 11 is 0. The van der Waals surface area contributed by atoms with Gasteiger partial charge in [0.05, 0.1) is 51.1 Å². The SMILES string of the molecule is COc1ccc(CN2CCN(Cc3ccc(OC)cc3)C(CN(c3cc(OC)cc(OC)c3)c3ccc4ncc(C5C=NN(C)C5)nc4c3)C2)cc1. The molecule has 0 spiro atoms. The van der Waals surface area contributed by atoms with Crippen molar-refractivity contribution in [2.45, 2.75) is 25.0 Å². The van der Waals surface area contributed by atoms with Crippen molar-refractivity contribution in [3.05, 3.63) is 108 Å². The number of aromatic nitrogens is 2. The van der Waals surface area contributed by atoms with Gasteiger partial charge < -0.3 is 23.8 Å². The van der Waals surface area contributed by atoms with Crippen LogP contribution in [0.15, 0.2) is 96.2 Å². The molecule has 0 bridgehead atoms. The molecule has 11 nitrogen and oxygen atoms in total. The van der Waals surface area contributed by atoms with E-state index in [0.717, 1.165) is 90.4 Å². The molecule has 0 saturated carbocycles. The molecule has 1 fully saturated rings. The molecule has 11 heteroatoms. The highest BCUT2D eigenvalue weighted by Gasteiger charge is 2.30. The zero-order chi connectivity index (χ0) is 36.0. The zero-order valence-electron chi connectivity index (χ0n) is 30.6. The third-order valence-corrected chi connectivity index (χ3v) is 9.98. The zero-order valence-corrected chi connectivity index (χ0v) is 30.6. The summed E-state index contributed by atoms with van der Waals surface area (Å²) in [6.07, 6.45) is 3.83. The van der Waals surface area contributed by atoms with Crippen LogP contribution >= 0.6 is 0 Å². The molecule has 2 unspecified atom stereocenters. The van der Waals surface area contributed by atoms with Gasteiger partial charge in [0.25, 0.3) is 0 Å². The smallest absolute Gasteiger partial charge is 0.124 e. The predicted octanol–water partition coefficient (Wildman–Crippen LogP) is 6.20. The molecule has 0 N–H and O–H groups in total. The number of benzene rings is 4. The van der Waals surface area contributed by atoms with Crippen molar-refractivity contribution in [3.63, 3.8) is 0 Å². The van der Waals surface area contributed by atoms with Crippen LogP contribution in [0.3, 0.4) is 0 Å². The fourth-order valence-electron chi connectivity index (χ4n) is 7.06. The lowest BCUT2D eigenvalue weighted by molar-refractivity contribution is 0.0682. The van der Waals surface area contributed by atoms with Crippen molar-refractivity contribution in [1.29, 1.82) is 0 Å². The maximum absolute atomic E-state index is 5.76. The Kier molecular flexibility index (Phi) is 10.7. The minimum Gasteiger partial charge on any atom is -0.497 e. The molecule has 0 aliphatic carbocycles. The van der Waals surface area contributed by atoms with E-state index in [-0.39, 0.29) is 12.0 Å². The maximum atomic E-state index is 5.76. The molecule has 3 heterocycles. The van der Waals surface area contributed by atoms with Crippen LogP contribution in [-0.2, 0) is 13.1 Å². The molecule has 2 atom stereocenters. The van der Waals surface area contributed by atoms with Gasteiger partial charge in [-0.3, -0.25) is 19.8 Å². The van der Waals surface area contributed by atoms with E-state index in [1.807, 2.05) is 54.8 Å². The topological polar surface area (TPSA) is 88.0 Å². The van der Waals surface area contributed by atoms with Crippen LogP contribution in [0.2, 0.25) is 0 Å². The van der Waals surface area contributed by atoms with Gasteiger partial charge in [0.15, 0.2) is 0 Å². The quantitative estimate of drug-likeness (QED) is 0.141. The first-order chi connectivity index (χ1) is 25.4. The number of hydrazone groups is 1. The van der Waals surface area contributed by atoms with Gasteiger partial charge in [-0.25, -0.2) is 4.98 Å². The van der Waals surface area contributed by atoms with E-state index >= 15 is 0 Å². The first-order valence-corrected chi connectivity index (χ1v) is 17.7. The lowest BCUT2D eigenvalue weighted by Gasteiger charge is -2.44. The fraction of sp³-hybridized carbons (Fsp3) is 0.341. The van der Waals surface area contributed by atoms with Gasteiger partial charge in [0.1, 0.15) is 23.0 Å². The second kappa shape index (κ2) is 15.9. The van der Waals surface area contributed by atoms with Gasteiger partial charge >= 0.3 is 0 Å². The molecule has 2 aliphatic heterocycles. The Morgan fingerprint density at radius 1 is 0.673 bits per heavy atom. The van der Waals surface area contributed by atoms with E-state index in [1.165, 1.54) is 11.1 Å². The van der Waals surface area contributed by atoms with Crippen LogP contribution in [0.4, 0.5) is 11.4 Å². The first kappa shape index (κ1) is 35.0. The van der Waals surface area contributed by atoms with Crippen molar-refractivity contribution in [2.24, 2.45) is 5.10 Å². The standard InChI is InChI=1S/C41H47N7O4/c1-45-26-31(22-43-45)41-23-42-39-15-10-32(20-40(39)44-41)48(33-18-37(51-4)21-38(19-33)52-5)28-34-27-46(24-29-6-11-35(49-2)12-7-29)16-17-47(34)25-30-8-13-36(50-3)14-9-30/h6-15,18-23,31,34H,16-17,24-28H2,1-5H3. The molecule has 5 aromatic rings. The van der Waals surface area contributed by atoms with Crippen LogP contribution in [0, 0.1) is 0 Å². The van der Waals surface area contributed by atoms with Crippen LogP contribution < -0.4 is 23.8 Å². The minimum absolute atomic E-state index is 0.106. The van der Waals surface area contributed by atoms with E-state index in [9.17, 15) is 0 Å². The van der Waals surface area contributed by atoms with Crippen molar-refractivity contribution in [2.75, 3.05) is 73.1 Å². The van der Waals surface area contributed by atoms with Gasteiger partial charge in [0, 0.05) is 101 Å². The van der Waals surface area contributed by atoms with E-state index < -0.39 is 0 Å². The van der Waals surface area contributed by atoms with Gasteiger partial charge in [0.2, 0.25) is 0 Å². The van der Waals surface area contributed by atoms with Gasteiger partial charge in [-0.15, -0.1) is 0 Å². The third-order valence-electron chi connectivity index (χ3n) is 9.98. The number of hydrogen-bond acceptors (Lipinski definition) is 11. The average molecular weight is 702 g/mol. The number of ether oxygens (including phenoxy) is 4. The second-order valence-corrected chi connectivity index (χ2v) is 13.4. The third kappa shape index (κ3) is 8.06. The highest BCUT2D eigenvalue weighted by Crippen LogP contribution is 2.35. The van der Waals surface area contributed by atoms with E-state index in [0.29, 0.717) is 6.54 Å². The number of rotatable bonds is 13. The summed E-state index contributed by atoms with van der Waals surface area (Å²) in [4.78, 5) is 17.4. The number of hydrogen-bond donors (Lipinski definition) is 0. The summed E-state index contributed by atoms with van der Waals surface area (Å²) in [5, 5.41) is 6.37. The number of piperazine rings is 1. The van der Waals surface area contributed by atoms with Gasteiger partial charge in [-0.05, 0) is 53.6 Å². The highest BCUT2D eigenvalue weighted by atomic mass is 16.5. The van der Waals surface area contributed by atoms with Crippen molar-refractivity contribution in [3.8, 4) is 23.0 Å². The van der Waals surface area contributed by atoms with Crippen LogP contribution in [0.5, 0.6) is 23.0 Å². The number of fused-ring (bicyclic) bond motifs is 1. The Hall–Kier alpha value is -5.39. The number of likely N-dealkylation sites (N-methyl/N-ethyl adjacent to an activating group) is 1. The van der Waals surface area contributed by atoms with Crippen molar-refractivity contribution >= 4 is 28.6 Å². The van der Waals surface area contributed by atoms with E-state index in [2.05, 4.69) is 74.4 Å². The molecular weight excluding hydrogens is 654 g/mol. The van der Waals surface area contributed by atoms with Crippen molar-refractivity contribution < 1.29 is 18.9 Å². The Balaban J connectivity index is 1.25. The summed E-state index contributed by atoms with van der Waals surface area (Å²) < 4.78 is 22.4. The highest BCUT2D eigenvalue weighted by molar-refractivity contribution is 5.82. The number of anilines is 2. The molecule has 7 rings (SSSR count). The molecular formula is C41H47N7O4. The Morgan fingerprint density at radius 3 is 1.94 bits per heavy atom. The molecule has 52 heavy (non-hydrogen) atoms. The predicted molar refractivity (Wildman–Crippen MR) is 205 cm³/mol. The lowest BCUT2D eigenvalue weighted by Crippen LogP contribution is -2.55. The number of nitrogens with zero attached hydrogens (tertiary/aromatic N) is 7. The monoisotopic (exact) mass is 701 g/mol. The Labute approximate surface area is 306 Å². The molecule has 2 aliphatic rings. The van der Waals surface area contributed by atoms with Crippen molar-refractivity contribution in [1.82, 2.24) is 24.8 Å². The van der Waals surface area contributed by atoms with E-state index in [4.69, 9.17) is 28.9 Å². The normalized spacial score (nSPS) is 17.8. The van der Waals surface area contributed by atoms with Gasteiger partial charge in [-0.2, -0.15) is 5.10 Å². The molecule has 0 amide bonds. The summed E-state index contributed by atoms with van der Waals surface area (Å²) in [5.41, 5.74) is 7.11. The molecule has 1 saturated heterocycles. The molecule has 270 valence electrons. The Morgan fingerprint density at radius 2 is 1.33 bits per heavy atom. The van der Waals surface area contributed by atoms with E-state index in [1.54, 1.807) is 28.4 Å². The first-order valence-electron chi connectivity index (χ1n) is 17.7. The second-order valence-electron chi connectivity index (χ2n) is 13.4. The molecule has 4 aromatic carbocycles. The summed E-state index contributed by atoms with van der Waals surface area (Å²) in [5.74, 6) is 3.29.